The summed E-state index contributed by atoms with van der Waals surface area (Å²) in [5.41, 5.74) is 0. The van der Waals surface area contributed by atoms with Gasteiger partial charge in [0, 0.05) is 19.5 Å². The molecule has 1 aliphatic rings. The molecule has 0 radical (unpaired) electrons. The van der Waals surface area contributed by atoms with Crippen LogP contribution < -0.4 is 29.6 Å². The summed E-state index contributed by atoms with van der Waals surface area (Å²) in [6, 6.07) is 0. The molecule has 72 valence electrons. The molecule has 1 unspecified atom stereocenters. The maximum atomic E-state index is 10.6. The fourth-order valence-electron chi connectivity index (χ4n) is 1.31. The third-order valence-electron chi connectivity index (χ3n) is 2.20. The quantitative estimate of drug-likeness (QED) is 0.376. The first-order valence-corrected chi connectivity index (χ1v) is 5.20. The first-order chi connectivity index (χ1) is 5.39. The Bertz CT molecular complexity index is 268. The van der Waals surface area contributed by atoms with Crippen LogP contribution in [0.5, 0.6) is 0 Å². The van der Waals surface area contributed by atoms with Gasteiger partial charge < -0.3 is 9.66 Å². The smallest absolute Gasteiger partial charge is 0.746 e. The molecule has 5 nitrogen and oxygen atoms in total. The number of likely N-dealkylation sites (N-methyl/N-ethyl adjacent to an activating group) is 1. The molecule has 1 fully saturated rings. The Morgan fingerprint density at radius 1 is 1.62 bits per heavy atom. The van der Waals surface area contributed by atoms with Crippen molar-refractivity contribution in [2.24, 2.45) is 0 Å². The van der Waals surface area contributed by atoms with Gasteiger partial charge in [0.2, 0.25) is 0 Å². The van der Waals surface area contributed by atoms with Crippen LogP contribution in [-0.4, -0.2) is 47.5 Å². The van der Waals surface area contributed by atoms with Gasteiger partial charge in [0.25, 0.3) is 0 Å². The van der Waals surface area contributed by atoms with Crippen LogP contribution in [0.3, 0.4) is 0 Å². The Labute approximate surface area is 100 Å². The first-order valence-electron chi connectivity index (χ1n) is 3.79. The SMILES string of the molecule is CCN1CCC(O)(S(=O)(=O)[O-])C1.[Na+]. The molecule has 0 bridgehead atoms. The van der Waals surface area contributed by atoms with Crippen molar-refractivity contribution in [2.45, 2.75) is 18.3 Å². The minimum Gasteiger partial charge on any atom is -0.746 e. The Hall–Kier alpha value is 0.830. The number of aliphatic hydroxyl groups is 1. The molecule has 1 rings (SSSR count). The van der Waals surface area contributed by atoms with E-state index in [0.29, 0.717) is 13.1 Å². The van der Waals surface area contributed by atoms with E-state index in [1.165, 1.54) is 0 Å². The summed E-state index contributed by atoms with van der Waals surface area (Å²) in [7, 11) is -4.58. The van der Waals surface area contributed by atoms with E-state index in [1.807, 2.05) is 6.92 Å². The van der Waals surface area contributed by atoms with E-state index in [0.717, 1.165) is 0 Å². The minimum atomic E-state index is -4.58. The zero-order valence-corrected chi connectivity index (χ0v) is 10.7. The van der Waals surface area contributed by atoms with Crippen molar-refractivity contribution in [1.29, 1.82) is 0 Å². The largest absolute Gasteiger partial charge is 1.00 e. The average Bonchev–Trinajstić information content (AvgIpc) is 2.31. The van der Waals surface area contributed by atoms with E-state index < -0.39 is 15.1 Å². The second-order valence-corrected chi connectivity index (χ2v) is 4.69. The molecular formula is C6H12NNaO4S. The summed E-state index contributed by atoms with van der Waals surface area (Å²) in [4.78, 5) is -0.321. The molecule has 0 aromatic carbocycles. The Kier molecular flexibility index (Phi) is 4.86. The van der Waals surface area contributed by atoms with Gasteiger partial charge in [-0.3, -0.25) is 4.90 Å². The monoisotopic (exact) mass is 217 g/mol. The molecule has 0 aliphatic carbocycles. The van der Waals surface area contributed by atoms with Crippen molar-refractivity contribution in [3.05, 3.63) is 0 Å². The van der Waals surface area contributed by atoms with Crippen molar-refractivity contribution in [1.82, 2.24) is 4.90 Å². The van der Waals surface area contributed by atoms with E-state index in [4.69, 9.17) is 0 Å². The van der Waals surface area contributed by atoms with Crippen molar-refractivity contribution in [3.63, 3.8) is 0 Å². The Morgan fingerprint density at radius 2 is 2.15 bits per heavy atom. The number of hydrogen-bond donors (Lipinski definition) is 1. The van der Waals surface area contributed by atoms with Gasteiger partial charge in [-0.1, -0.05) is 6.92 Å². The molecule has 1 atom stereocenters. The molecule has 0 saturated carbocycles. The molecule has 1 N–H and O–H groups in total. The molecule has 0 amide bonds. The second kappa shape index (κ2) is 4.57. The van der Waals surface area contributed by atoms with Crippen LogP contribution in [0, 0.1) is 0 Å². The summed E-state index contributed by atoms with van der Waals surface area (Å²) in [5, 5.41) is 9.39. The third-order valence-corrected chi connectivity index (χ3v) is 3.47. The van der Waals surface area contributed by atoms with Crippen molar-refractivity contribution in [2.75, 3.05) is 19.6 Å². The average molecular weight is 217 g/mol. The van der Waals surface area contributed by atoms with Gasteiger partial charge in [-0.2, -0.15) is 0 Å². The molecule has 13 heavy (non-hydrogen) atoms. The molecule has 0 spiro atoms. The number of nitrogens with zero attached hydrogens (tertiary/aromatic N) is 1. The summed E-state index contributed by atoms with van der Waals surface area (Å²) in [6.45, 7) is 2.91. The molecule has 0 aromatic rings. The Balaban J connectivity index is 0.00000144. The number of hydrogen-bond acceptors (Lipinski definition) is 5. The third kappa shape index (κ3) is 2.89. The van der Waals surface area contributed by atoms with Gasteiger partial charge in [-0.05, 0) is 6.54 Å². The van der Waals surface area contributed by atoms with Crippen molar-refractivity contribution in [3.8, 4) is 0 Å². The second-order valence-electron chi connectivity index (χ2n) is 3.02. The first kappa shape index (κ1) is 13.8. The van der Waals surface area contributed by atoms with E-state index >= 15 is 0 Å². The minimum absolute atomic E-state index is 0. The van der Waals surface area contributed by atoms with Crippen LogP contribution in [-0.2, 0) is 10.1 Å². The predicted molar refractivity (Wildman–Crippen MR) is 41.4 cm³/mol. The fraction of sp³-hybridized carbons (Fsp3) is 1.00. The Morgan fingerprint density at radius 3 is 2.38 bits per heavy atom. The number of rotatable bonds is 2. The molecule has 1 heterocycles. The van der Waals surface area contributed by atoms with Crippen LogP contribution in [0.2, 0.25) is 0 Å². The van der Waals surface area contributed by atoms with Gasteiger partial charge in [0.15, 0.2) is 4.93 Å². The van der Waals surface area contributed by atoms with Crippen molar-refractivity contribution < 1.29 is 47.6 Å². The molecular weight excluding hydrogens is 205 g/mol. The summed E-state index contributed by atoms with van der Waals surface area (Å²) in [5.74, 6) is 0. The topological polar surface area (TPSA) is 80.7 Å². The van der Waals surface area contributed by atoms with Crippen molar-refractivity contribution >= 4 is 10.1 Å². The standard InChI is InChI=1S/C6H13NO4S.Na/c1-2-7-4-3-6(8,5-7)12(9,10)11;/h8H,2-5H2,1H3,(H,9,10,11);/q;+1/p-1. The molecule has 0 aromatic heterocycles. The predicted octanol–water partition coefficient (Wildman–Crippen LogP) is -4.05. The summed E-state index contributed by atoms with van der Waals surface area (Å²) < 4.78 is 31.8. The van der Waals surface area contributed by atoms with Gasteiger partial charge in [0.1, 0.15) is 10.1 Å². The number of β-amino-alcohol motifs (C(OH)–C–C–N with tert-alkyl or cyclic N) is 1. The maximum absolute atomic E-state index is 10.6. The summed E-state index contributed by atoms with van der Waals surface area (Å²) >= 11 is 0. The fourth-order valence-corrected chi connectivity index (χ4v) is 2.00. The van der Waals surface area contributed by atoms with Gasteiger partial charge in [-0.15, -0.1) is 0 Å². The van der Waals surface area contributed by atoms with Crippen LogP contribution >= 0.6 is 0 Å². The van der Waals surface area contributed by atoms with E-state index in [9.17, 15) is 18.1 Å². The zero-order chi connectivity index (χ0) is 9.41. The van der Waals surface area contributed by atoms with Crippen LogP contribution in [0.15, 0.2) is 0 Å². The van der Waals surface area contributed by atoms with Crippen LogP contribution in [0.4, 0.5) is 0 Å². The maximum Gasteiger partial charge on any atom is 1.00 e. The van der Waals surface area contributed by atoms with E-state index in [2.05, 4.69) is 0 Å². The normalized spacial score (nSPS) is 30.1. The van der Waals surface area contributed by atoms with E-state index in [1.54, 1.807) is 4.90 Å². The van der Waals surface area contributed by atoms with Gasteiger partial charge in [-0.25, -0.2) is 8.42 Å². The van der Waals surface area contributed by atoms with Crippen LogP contribution in [0.1, 0.15) is 13.3 Å². The van der Waals surface area contributed by atoms with Gasteiger partial charge in [0.05, 0.1) is 0 Å². The van der Waals surface area contributed by atoms with E-state index in [-0.39, 0.29) is 42.5 Å². The molecule has 1 aliphatic heterocycles. The van der Waals surface area contributed by atoms with Gasteiger partial charge >= 0.3 is 29.6 Å². The molecule has 7 heteroatoms. The number of likely N-dealkylation sites (tertiary alicyclic amines) is 1. The zero-order valence-electron chi connectivity index (χ0n) is 7.86. The van der Waals surface area contributed by atoms with Crippen LogP contribution in [0.25, 0.3) is 0 Å². The summed E-state index contributed by atoms with van der Waals surface area (Å²) in [6.07, 6.45) is 0.0205. The molecule has 1 saturated heterocycles.